The maximum Gasteiger partial charge on any atom is 0.310 e. The van der Waals surface area contributed by atoms with E-state index in [-0.39, 0.29) is 73.3 Å². The van der Waals surface area contributed by atoms with Crippen molar-refractivity contribution in [2.24, 2.45) is 26.6 Å². The number of hydrazine groups is 3. The Hall–Kier alpha value is -5.26. The first-order chi connectivity index (χ1) is 28.7. The summed E-state index contributed by atoms with van der Waals surface area (Å²) in [6.07, 6.45) is 5.63. The van der Waals surface area contributed by atoms with Crippen molar-refractivity contribution in [2.45, 2.75) is 106 Å². The molecule has 0 aromatic heterocycles. The van der Waals surface area contributed by atoms with Gasteiger partial charge in [0, 0.05) is 85.9 Å². The smallest absolute Gasteiger partial charge is 0.310 e. The third-order valence-electron chi connectivity index (χ3n) is 6.24. The van der Waals surface area contributed by atoms with Crippen LogP contribution in [-0.2, 0) is 43.1 Å². The second kappa shape index (κ2) is 51.9. The summed E-state index contributed by atoms with van der Waals surface area (Å²) in [7, 11) is 8.48. The van der Waals surface area contributed by atoms with E-state index in [0.717, 1.165) is 45.9 Å². The molecule has 0 unspecified atom stereocenters. The van der Waals surface area contributed by atoms with Crippen LogP contribution in [0.15, 0.2) is 15.0 Å². The van der Waals surface area contributed by atoms with Crippen LogP contribution in [-0.4, -0.2) is 139 Å². The zero-order valence-electron chi connectivity index (χ0n) is 38.5. The summed E-state index contributed by atoms with van der Waals surface area (Å²) in [6.45, 7) is 14.3. The Morgan fingerprint density at radius 3 is 1.40 bits per heavy atom. The SMILES string of the molecule is CC(=O)NNC(=O)CCCCC(=O)NNC(C)=O.CC(=O)O.CCN=C=NCCC[NH+](C)C.CCNC(=NCCC[NH+](C)C)OC(C)=O.NCNC(=O)CCCCC(=O)NN.[Cl-]. The fourth-order valence-electron chi connectivity index (χ4n) is 3.56. The quantitative estimate of drug-likeness (QED) is 0.00746. The van der Waals surface area contributed by atoms with Crippen LogP contribution in [0.5, 0.6) is 0 Å². The molecule has 0 atom stereocenters. The number of nitrogens with one attached hydrogen (secondary N) is 9. The number of aliphatic carboxylic acids is 1. The van der Waals surface area contributed by atoms with E-state index in [1.165, 1.54) is 30.6 Å². The number of ether oxygens (including phenoxy) is 1. The molecule has 0 aliphatic rings. The molecular weight excluding hydrogens is 836 g/mol. The number of amides is 6. The number of amidine groups is 1. The van der Waals surface area contributed by atoms with E-state index in [1.807, 2.05) is 19.3 Å². The number of carbonyl (C=O) groups is 8. The maximum atomic E-state index is 11.1. The number of carboxylic acid groups (broad SMARTS) is 1. The van der Waals surface area contributed by atoms with Gasteiger partial charge in [0.1, 0.15) is 0 Å². The highest BCUT2D eigenvalue weighted by Gasteiger charge is 2.05. The summed E-state index contributed by atoms with van der Waals surface area (Å²) in [5.41, 5.74) is 15.9. The molecule has 0 saturated carbocycles. The number of hydrogen-bond donors (Lipinski definition) is 12. The minimum atomic E-state index is -0.833. The molecule has 0 fully saturated rings. The van der Waals surface area contributed by atoms with Gasteiger partial charge in [-0.1, -0.05) is 0 Å². The van der Waals surface area contributed by atoms with Crippen LogP contribution in [0.3, 0.4) is 0 Å². The molecule has 0 aliphatic carbocycles. The van der Waals surface area contributed by atoms with Crippen molar-refractivity contribution in [1.29, 1.82) is 0 Å². The molecule has 0 radical (unpaired) electrons. The van der Waals surface area contributed by atoms with Crippen LogP contribution in [0.1, 0.15) is 106 Å². The zero-order chi connectivity index (χ0) is 47.9. The number of aliphatic imine (C=N–C) groups is 3. The van der Waals surface area contributed by atoms with Crippen molar-refractivity contribution in [1.82, 2.24) is 37.8 Å². The van der Waals surface area contributed by atoms with Gasteiger partial charge in [-0.05, 0) is 39.5 Å². The molecule has 0 spiro atoms. The molecule has 0 heterocycles. The molecule has 0 aromatic carbocycles. The second-order valence-corrected chi connectivity index (χ2v) is 13.2. The summed E-state index contributed by atoms with van der Waals surface area (Å²) < 4.78 is 4.89. The summed E-state index contributed by atoms with van der Waals surface area (Å²) in [4.78, 5) is 99.3. The third-order valence-corrected chi connectivity index (χ3v) is 6.24. The lowest BCUT2D eigenvalue weighted by molar-refractivity contribution is -0.858. The first kappa shape index (κ1) is 68.5. The van der Waals surface area contributed by atoms with E-state index < -0.39 is 5.97 Å². The number of quaternary nitrogens is 2. The van der Waals surface area contributed by atoms with Crippen molar-refractivity contribution >= 4 is 59.4 Å². The maximum absolute atomic E-state index is 11.1. The first-order valence-electron chi connectivity index (χ1n) is 20.1. The van der Waals surface area contributed by atoms with Crippen molar-refractivity contribution in [3.05, 3.63) is 0 Å². The van der Waals surface area contributed by atoms with Crippen LogP contribution < -0.4 is 71.5 Å². The van der Waals surface area contributed by atoms with Crippen molar-refractivity contribution in [3.8, 4) is 0 Å². The minimum absolute atomic E-state index is 0. The molecule has 25 heteroatoms. The average Bonchev–Trinajstić information content (AvgIpc) is 3.16. The van der Waals surface area contributed by atoms with Crippen LogP contribution in [0, 0.1) is 0 Å². The molecule has 362 valence electrons. The van der Waals surface area contributed by atoms with Gasteiger partial charge in [0.25, 0.3) is 12.0 Å². The molecule has 6 amide bonds. The van der Waals surface area contributed by atoms with E-state index in [1.54, 1.807) is 0 Å². The fourth-order valence-corrected chi connectivity index (χ4v) is 3.56. The molecule has 0 bridgehead atoms. The summed E-state index contributed by atoms with van der Waals surface area (Å²) in [5, 5.41) is 12.8. The van der Waals surface area contributed by atoms with Crippen LogP contribution in [0.2, 0.25) is 0 Å². The van der Waals surface area contributed by atoms with Gasteiger partial charge in [0.15, 0.2) is 0 Å². The van der Waals surface area contributed by atoms with E-state index in [2.05, 4.69) is 81.5 Å². The third kappa shape index (κ3) is 75.6. The average molecular weight is 915 g/mol. The lowest BCUT2D eigenvalue weighted by Crippen LogP contribution is -3.05. The Morgan fingerprint density at radius 1 is 0.629 bits per heavy atom. The van der Waals surface area contributed by atoms with Gasteiger partial charge in [0.2, 0.25) is 35.4 Å². The topological polar surface area (TPSA) is 348 Å². The largest absolute Gasteiger partial charge is 1.00 e. The Bertz CT molecular complexity index is 1280. The number of nitrogens with zero attached hydrogens (tertiary/aromatic N) is 3. The molecule has 62 heavy (non-hydrogen) atoms. The molecule has 0 rings (SSSR count). The molecule has 0 aliphatic heterocycles. The van der Waals surface area contributed by atoms with E-state index in [0.29, 0.717) is 57.6 Å². The van der Waals surface area contributed by atoms with Gasteiger partial charge in [-0.15, -0.1) is 0 Å². The number of hydrogen-bond acceptors (Lipinski definition) is 14. The van der Waals surface area contributed by atoms with Gasteiger partial charge >= 0.3 is 5.97 Å². The van der Waals surface area contributed by atoms with Gasteiger partial charge in [-0.3, -0.25) is 65.5 Å². The predicted octanol–water partition coefficient (Wildman–Crippen LogP) is -6.69. The molecular formula is C37H78ClN14O10+. The second-order valence-electron chi connectivity index (χ2n) is 13.2. The highest BCUT2D eigenvalue weighted by molar-refractivity contribution is 5.86. The van der Waals surface area contributed by atoms with Crippen molar-refractivity contribution in [2.75, 3.05) is 74.1 Å². The van der Waals surface area contributed by atoms with Gasteiger partial charge < -0.3 is 48.4 Å². The fraction of sp³-hybridized carbons (Fsp3) is 0.730. The monoisotopic (exact) mass is 914 g/mol. The molecule has 14 N–H and O–H groups in total. The first-order valence-corrected chi connectivity index (χ1v) is 20.1. The predicted molar refractivity (Wildman–Crippen MR) is 231 cm³/mol. The molecule has 0 saturated heterocycles. The number of esters is 1. The number of unbranched alkanes of at least 4 members (excludes halogenated alkanes) is 2. The normalized spacial score (nSPS) is 9.55. The number of halogens is 1. The van der Waals surface area contributed by atoms with Gasteiger partial charge in [-0.2, -0.15) is 0 Å². The van der Waals surface area contributed by atoms with Crippen LogP contribution in [0.25, 0.3) is 0 Å². The molecule has 0 aromatic rings. The van der Waals surface area contributed by atoms with Crippen LogP contribution in [0.4, 0.5) is 0 Å². The van der Waals surface area contributed by atoms with Crippen molar-refractivity contribution < 1.29 is 70.4 Å². The van der Waals surface area contributed by atoms with E-state index in [9.17, 15) is 33.6 Å². The Labute approximate surface area is 373 Å². The molecule has 24 nitrogen and oxygen atoms in total. The lowest BCUT2D eigenvalue weighted by Gasteiger charge is -2.07. The summed E-state index contributed by atoms with van der Waals surface area (Å²) >= 11 is 0. The van der Waals surface area contributed by atoms with E-state index in [4.69, 9.17) is 26.2 Å². The number of carboxylic acids is 1. The summed E-state index contributed by atoms with van der Waals surface area (Å²) in [5.74, 6) is 2.07. The summed E-state index contributed by atoms with van der Waals surface area (Å²) in [6, 6.07) is 2.98. The van der Waals surface area contributed by atoms with Crippen LogP contribution >= 0.6 is 0 Å². The standard InChI is InChI=1S/C10H18N4O4.C10H21N3O2.C8H17N3.C7H16N4O2.C2H4O2.ClH/c1-7(15)11-13-9(17)5-3-4-6-10(18)14-12-8(2)16;1-5-11-10(15-9(2)14)12-7-6-8-13(3)4;1-4-9-8-10-6-5-7-11(2)3;8-5-10-6(12)3-1-2-4-7(13)11-9;1-2(3)4;/h3-6H2,1-2H3,(H,11,15)(H,12,16)(H,13,17)(H,14,18);5-8H2,1-4H3,(H,11,12);4-7H2,1-3H3;1-5,8-9H2,(H,10,12)(H,11,13);1H3,(H,3,4);1H/p+1. The minimum Gasteiger partial charge on any atom is -1.00 e. The zero-order valence-corrected chi connectivity index (χ0v) is 39.3. The highest BCUT2D eigenvalue weighted by Crippen LogP contribution is 2.00. The van der Waals surface area contributed by atoms with Gasteiger partial charge in [0.05, 0.1) is 60.5 Å². The Balaban J connectivity index is -0.000000165. The van der Waals surface area contributed by atoms with Gasteiger partial charge in [-0.25, -0.2) is 20.8 Å². The number of carbonyl (C=O) groups excluding carboxylic acids is 7. The number of nitrogens with two attached hydrogens (primary N) is 2. The van der Waals surface area contributed by atoms with Crippen molar-refractivity contribution in [3.63, 3.8) is 0 Å². The van der Waals surface area contributed by atoms with E-state index >= 15 is 0 Å². The Morgan fingerprint density at radius 2 is 1.05 bits per heavy atom. The highest BCUT2D eigenvalue weighted by atomic mass is 35.5. The number of rotatable bonds is 21. The Kier molecular flexibility index (Phi) is 57.3. The lowest BCUT2D eigenvalue weighted by atomic mass is 10.2.